The van der Waals surface area contributed by atoms with E-state index in [0.717, 1.165) is 0 Å². The fourth-order valence-corrected chi connectivity index (χ4v) is 0.755. The van der Waals surface area contributed by atoms with Gasteiger partial charge < -0.3 is 20.0 Å². The Labute approximate surface area is 90.5 Å². The highest BCUT2D eigenvalue weighted by atomic mass is 31.1. The van der Waals surface area contributed by atoms with Crippen LogP contribution in [0.5, 0.6) is 0 Å². The number of hydrogen-bond acceptors (Lipinski definition) is 3. The summed E-state index contributed by atoms with van der Waals surface area (Å²) >= 11 is 0. The Morgan fingerprint density at radius 2 is 1.06 bits per heavy atom. The lowest BCUT2D eigenvalue weighted by atomic mass is 10.1. The number of carbonyl (C=O) groups is 2. The van der Waals surface area contributed by atoms with Crippen LogP contribution in [0.15, 0.2) is 24.3 Å². The van der Waals surface area contributed by atoms with Crippen molar-refractivity contribution in [2.24, 2.45) is 0 Å². The molecule has 88 valence electrons. The maximum absolute atomic E-state index is 10.3. The molecule has 0 saturated carbocycles. The number of carboxylic acid groups (broad SMARTS) is 2. The quantitative estimate of drug-likeness (QED) is 0.558. The first-order valence-electron chi connectivity index (χ1n) is 3.83. The third kappa shape index (κ3) is 5.92. The van der Waals surface area contributed by atoms with E-state index >= 15 is 0 Å². The van der Waals surface area contributed by atoms with Gasteiger partial charge in [-0.3, -0.25) is 4.57 Å². The van der Waals surface area contributed by atoms with E-state index < -0.39 is 20.2 Å². The third-order valence-corrected chi connectivity index (χ3v) is 1.38. The lowest BCUT2D eigenvalue weighted by Crippen LogP contribution is -1.99. The standard InChI is InChI=1S/C8H6O4.H3O3P/c9-7(10)5-1-2-6(4-3-5)8(11)12;1-4(2)3/h1-4H,(H,9,10)(H,11,12);4H,(H2,1,2,3). The van der Waals surface area contributed by atoms with Crippen LogP contribution in [0.1, 0.15) is 20.7 Å². The molecule has 8 heteroatoms. The van der Waals surface area contributed by atoms with E-state index in [4.69, 9.17) is 24.6 Å². The van der Waals surface area contributed by atoms with Gasteiger partial charge in [0.2, 0.25) is 0 Å². The summed E-state index contributed by atoms with van der Waals surface area (Å²) in [6.07, 6.45) is 0. The Hall–Kier alpha value is -1.69. The first-order chi connectivity index (χ1) is 7.34. The lowest BCUT2D eigenvalue weighted by molar-refractivity contribution is 0.0681. The first kappa shape index (κ1) is 14.3. The lowest BCUT2D eigenvalue weighted by Gasteiger charge is -1.94. The highest BCUT2D eigenvalue weighted by molar-refractivity contribution is 7.30. The molecule has 0 amide bonds. The largest absolute Gasteiger partial charge is 0.478 e. The summed E-state index contributed by atoms with van der Waals surface area (Å²) in [5.41, 5.74) is 0.167. The van der Waals surface area contributed by atoms with Gasteiger partial charge in [0.1, 0.15) is 0 Å². The molecule has 1 aromatic rings. The van der Waals surface area contributed by atoms with Crippen LogP contribution in [-0.4, -0.2) is 31.9 Å². The summed E-state index contributed by atoms with van der Waals surface area (Å²) < 4.78 is 8.74. The van der Waals surface area contributed by atoms with Crippen molar-refractivity contribution in [2.75, 3.05) is 0 Å². The fourth-order valence-electron chi connectivity index (χ4n) is 0.755. The molecule has 0 unspecified atom stereocenters. The second-order valence-electron chi connectivity index (χ2n) is 2.47. The van der Waals surface area contributed by atoms with Crippen molar-refractivity contribution in [3.05, 3.63) is 35.4 Å². The second-order valence-corrected chi connectivity index (χ2v) is 3.04. The molecule has 4 N–H and O–H groups in total. The van der Waals surface area contributed by atoms with Gasteiger partial charge in [-0.1, -0.05) is 0 Å². The van der Waals surface area contributed by atoms with Gasteiger partial charge in [-0.15, -0.1) is 0 Å². The number of carboxylic acids is 2. The molecule has 1 rings (SSSR count). The summed E-state index contributed by atoms with van der Waals surface area (Å²) in [6, 6.07) is 5.02. The Kier molecular flexibility index (Phi) is 6.02. The average Bonchev–Trinajstić information content (AvgIpc) is 2.17. The van der Waals surface area contributed by atoms with Gasteiger partial charge in [-0.25, -0.2) is 9.59 Å². The van der Waals surface area contributed by atoms with Crippen LogP contribution >= 0.6 is 8.25 Å². The zero-order valence-electron chi connectivity index (χ0n) is 7.82. The molecule has 0 radical (unpaired) electrons. The van der Waals surface area contributed by atoms with Gasteiger partial charge in [-0.2, -0.15) is 0 Å². The van der Waals surface area contributed by atoms with E-state index in [1.165, 1.54) is 24.3 Å². The molecular formula is C8H9O7P. The van der Waals surface area contributed by atoms with E-state index in [0.29, 0.717) is 0 Å². The molecular weight excluding hydrogens is 239 g/mol. The number of benzene rings is 1. The molecule has 0 aliphatic carbocycles. The van der Waals surface area contributed by atoms with Gasteiger partial charge >= 0.3 is 20.2 Å². The molecule has 0 saturated heterocycles. The summed E-state index contributed by atoms with van der Waals surface area (Å²) in [4.78, 5) is 35.0. The topological polar surface area (TPSA) is 132 Å². The van der Waals surface area contributed by atoms with Gasteiger partial charge in [-0.05, 0) is 24.3 Å². The van der Waals surface area contributed by atoms with Crippen molar-refractivity contribution in [2.45, 2.75) is 0 Å². The molecule has 0 bridgehead atoms. The molecule has 0 atom stereocenters. The van der Waals surface area contributed by atoms with Crippen LogP contribution in [0.2, 0.25) is 0 Å². The number of rotatable bonds is 2. The van der Waals surface area contributed by atoms with E-state index in [2.05, 4.69) is 0 Å². The van der Waals surface area contributed by atoms with Crippen molar-refractivity contribution in [3.63, 3.8) is 0 Å². The summed E-state index contributed by atoms with van der Waals surface area (Å²) in [5.74, 6) is -2.13. The Bertz CT molecular complexity index is 360. The van der Waals surface area contributed by atoms with Gasteiger partial charge in [0, 0.05) is 0 Å². The molecule has 0 spiro atoms. The minimum absolute atomic E-state index is 0.0833. The van der Waals surface area contributed by atoms with Crippen LogP contribution < -0.4 is 0 Å². The van der Waals surface area contributed by atoms with Gasteiger partial charge in [0.25, 0.3) is 0 Å². The molecule has 0 aliphatic heterocycles. The number of aromatic carboxylic acids is 2. The fraction of sp³-hybridized carbons (Fsp3) is 0. The maximum atomic E-state index is 10.3. The van der Waals surface area contributed by atoms with E-state index in [1.54, 1.807) is 0 Å². The zero-order valence-corrected chi connectivity index (χ0v) is 8.82. The van der Waals surface area contributed by atoms with Crippen molar-refractivity contribution in [1.29, 1.82) is 0 Å². The smallest absolute Gasteiger partial charge is 0.335 e. The molecule has 1 aromatic carbocycles. The Morgan fingerprint density at radius 3 is 1.19 bits per heavy atom. The van der Waals surface area contributed by atoms with Gasteiger partial charge in [0.05, 0.1) is 11.1 Å². The average molecular weight is 248 g/mol. The Morgan fingerprint density at radius 1 is 0.875 bits per heavy atom. The predicted molar refractivity (Wildman–Crippen MR) is 53.8 cm³/mol. The van der Waals surface area contributed by atoms with E-state index in [9.17, 15) is 9.59 Å². The minimum atomic E-state index is -3.13. The van der Waals surface area contributed by atoms with Crippen molar-refractivity contribution in [3.8, 4) is 0 Å². The minimum Gasteiger partial charge on any atom is -0.478 e. The predicted octanol–water partition coefficient (Wildman–Crippen LogP) is 0.444. The highest BCUT2D eigenvalue weighted by Crippen LogP contribution is 2.03. The van der Waals surface area contributed by atoms with Crippen LogP contribution in [0.4, 0.5) is 0 Å². The molecule has 0 heterocycles. The van der Waals surface area contributed by atoms with Crippen molar-refractivity contribution in [1.82, 2.24) is 0 Å². The van der Waals surface area contributed by atoms with Crippen LogP contribution in [0.3, 0.4) is 0 Å². The normalized spacial score (nSPS) is 9.19. The molecule has 7 nitrogen and oxygen atoms in total. The van der Waals surface area contributed by atoms with Crippen LogP contribution in [-0.2, 0) is 4.57 Å². The summed E-state index contributed by atoms with van der Waals surface area (Å²) in [5, 5.41) is 16.9. The third-order valence-electron chi connectivity index (χ3n) is 1.38. The van der Waals surface area contributed by atoms with Crippen molar-refractivity contribution >= 4 is 20.2 Å². The zero-order chi connectivity index (χ0) is 12.7. The van der Waals surface area contributed by atoms with Gasteiger partial charge in [0.15, 0.2) is 0 Å². The molecule has 16 heavy (non-hydrogen) atoms. The van der Waals surface area contributed by atoms with Crippen molar-refractivity contribution < 1.29 is 34.2 Å². The summed E-state index contributed by atoms with van der Waals surface area (Å²) in [6.45, 7) is 0. The van der Waals surface area contributed by atoms with Crippen LogP contribution in [0.25, 0.3) is 0 Å². The summed E-state index contributed by atoms with van der Waals surface area (Å²) in [7, 11) is -3.13. The maximum Gasteiger partial charge on any atom is 0.335 e. The SMILES string of the molecule is O=C(O)c1ccc(C(=O)O)cc1.O=[PH](O)O. The molecule has 0 fully saturated rings. The van der Waals surface area contributed by atoms with E-state index in [1.807, 2.05) is 0 Å². The van der Waals surface area contributed by atoms with E-state index in [-0.39, 0.29) is 11.1 Å². The first-order valence-corrected chi connectivity index (χ1v) is 5.13. The highest BCUT2D eigenvalue weighted by Gasteiger charge is 2.04. The number of hydrogen-bond donors (Lipinski definition) is 4. The second kappa shape index (κ2) is 6.73. The van der Waals surface area contributed by atoms with Crippen LogP contribution in [0, 0.1) is 0 Å². The molecule has 0 aliphatic rings. The monoisotopic (exact) mass is 248 g/mol. The Balaban J connectivity index is 0.000000487. The molecule has 0 aromatic heterocycles.